The summed E-state index contributed by atoms with van der Waals surface area (Å²) < 4.78 is 26.4. The summed E-state index contributed by atoms with van der Waals surface area (Å²) in [6.45, 7) is 4.40. The van der Waals surface area contributed by atoms with Gasteiger partial charge in [0.25, 0.3) is 12.9 Å². The monoisotopic (exact) mass is 400 g/mol. The van der Waals surface area contributed by atoms with E-state index in [1.807, 2.05) is 21.0 Å². The lowest BCUT2D eigenvalue weighted by atomic mass is 10.2. The molecule has 1 heterocycles. The normalized spacial score (nSPS) is 9.96. The Morgan fingerprint density at radius 2 is 1.68 bits per heavy atom. The number of H-pyrrole nitrogens is 1. The molecule has 0 unspecified atom stereocenters. The van der Waals surface area contributed by atoms with Crippen LogP contribution in [-0.2, 0) is 22.7 Å². The van der Waals surface area contributed by atoms with Crippen molar-refractivity contribution in [1.29, 1.82) is 0 Å². The van der Waals surface area contributed by atoms with Crippen LogP contribution in [0.1, 0.15) is 17.0 Å². The summed E-state index contributed by atoms with van der Waals surface area (Å²) >= 11 is 0. The van der Waals surface area contributed by atoms with E-state index in [0.29, 0.717) is 13.1 Å². The van der Waals surface area contributed by atoms with Crippen LogP contribution in [0.25, 0.3) is 0 Å². The summed E-state index contributed by atoms with van der Waals surface area (Å²) in [5, 5.41) is 13.8. The van der Waals surface area contributed by atoms with Crippen LogP contribution in [-0.4, -0.2) is 70.1 Å². The topological polar surface area (TPSA) is 110 Å². The average molecular weight is 400 g/mol. The van der Waals surface area contributed by atoms with E-state index in [9.17, 15) is 8.78 Å². The first-order valence-electron chi connectivity index (χ1n) is 8.24. The number of nitrogens with zero attached hydrogens (tertiary/aromatic N) is 3. The molecule has 0 saturated carbocycles. The quantitative estimate of drug-likeness (QED) is 0.610. The molecule has 0 saturated heterocycles. The van der Waals surface area contributed by atoms with E-state index in [4.69, 9.17) is 19.8 Å². The van der Waals surface area contributed by atoms with E-state index < -0.39 is 11.6 Å². The molecule has 1 aromatic heterocycles. The largest absolute Gasteiger partial charge is 0.483 e. The van der Waals surface area contributed by atoms with Crippen molar-refractivity contribution >= 4 is 12.9 Å². The number of halogens is 2. The van der Waals surface area contributed by atoms with Crippen molar-refractivity contribution in [2.24, 2.45) is 0 Å². The second kappa shape index (κ2) is 14.2. The smallest absolute Gasteiger partial charge is 0.290 e. The van der Waals surface area contributed by atoms with Gasteiger partial charge in [-0.15, -0.1) is 0 Å². The van der Waals surface area contributed by atoms with Crippen LogP contribution in [0.2, 0.25) is 0 Å². The van der Waals surface area contributed by atoms with Gasteiger partial charge in [0.05, 0.1) is 12.0 Å². The molecule has 156 valence electrons. The molecule has 1 aromatic carbocycles. The number of rotatable bonds is 7. The van der Waals surface area contributed by atoms with Gasteiger partial charge in [-0.2, -0.15) is 0 Å². The van der Waals surface area contributed by atoms with E-state index in [0.717, 1.165) is 30.0 Å². The number of imidazole rings is 1. The molecule has 0 spiro atoms. The van der Waals surface area contributed by atoms with Gasteiger partial charge in [-0.3, -0.25) is 14.5 Å². The first kappa shape index (κ1) is 25.1. The summed E-state index contributed by atoms with van der Waals surface area (Å²) in [7, 11) is 4.02. The van der Waals surface area contributed by atoms with Crippen molar-refractivity contribution in [2.75, 3.05) is 27.2 Å². The Morgan fingerprint density at radius 3 is 2.14 bits per heavy atom. The van der Waals surface area contributed by atoms with Crippen LogP contribution in [0, 0.1) is 18.6 Å². The molecule has 2 aromatic rings. The fourth-order valence-corrected chi connectivity index (χ4v) is 2.21. The Bertz CT molecular complexity index is 705. The van der Waals surface area contributed by atoms with Gasteiger partial charge in [-0.1, -0.05) is 6.07 Å². The molecule has 0 atom stereocenters. The Labute approximate surface area is 162 Å². The number of aromatic nitrogens is 2. The SMILES string of the molecule is Cc1[nH]cnc1CN(CCN(C)C)Cc1ccc(F)c(F)c1.O=CO.O=CO. The van der Waals surface area contributed by atoms with E-state index in [1.54, 1.807) is 12.4 Å². The molecule has 10 heteroatoms. The van der Waals surface area contributed by atoms with Crippen molar-refractivity contribution in [1.82, 2.24) is 19.8 Å². The third-order valence-corrected chi connectivity index (χ3v) is 3.56. The zero-order chi connectivity index (χ0) is 21.5. The number of benzene rings is 1. The second-order valence-electron chi connectivity index (χ2n) is 5.95. The Balaban J connectivity index is 0.00000108. The number of aromatic amines is 1. The van der Waals surface area contributed by atoms with Crippen molar-refractivity contribution in [3.8, 4) is 0 Å². The summed E-state index contributed by atoms with van der Waals surface area (Å²) in [6, 6.07) is 4.06. The molecule has 0 aliphatic heterocycles. The molecule has 0 aliphatic carbocycles. The maximum Gasteiger partial charge on any atom is 0.290 e. The number of nitrogens with one attached hydrogen (secondary N) is 1. The predicted octanol–water partition coefficient (Wildman–Crippen LogP) is 1.96. The molecular weight excluding hydrogens is 374 g/mol. The number of hydrogen-bond donors (Lipinski definition) is 3. The fourth-order valence-electron chi connectivity index (χ4n) is 2.21. The van der Waals surface area contributed by atoms with Crippen LogP contribution in [0.3, 0.4) is 0 Å². The Kier molecular flexibility index (Phi) is 12.8. The van der Waals surface area contributed by atoms with Gasteiger partial charge in [0, 0.05) is 31.9 Å². The van der Waals surface area contributed by atoms with Crippen LogP contribution in [0.5, 0.6) is 0 Å². The van der Waals surface area contributed by atoms with Gasteiger partial charge < -0.3 is 20.1 Å². The molecule has 0 fully saturated rings. The highest BCUT2D eigenvalue weighted by Crippen LogP contribution is 2.13. The standard InChI is InChI=1S/C16H22F2N4.2CH2O2/c1-12-16(20-11-19-12)10-22(7-6-21(2)3)9-13-4-5-14(17)15(18)8-13;2*2-1-3/h4-5,8,11H,6-7,9-10H2,1-3H3,(H,19,20);2*1H,(H,2,3). The Morgan fingerprint density at radius 1 is 1.07 bits per heavy atom. The minimum Gasteiger partial charge on any atom is -0.483 e. The first-order valence-corrected chi connectivity index (χ1v) is 8.24. The molecule has 0 amide bonds. The first-order chi connectivity index (χ1) is 13.3. The van der Waals surface area contributed by atoms with E-state index in [-0.39, 0.29) is 12.9 Å². The van der Waals surface area contributed by atoms with Crippen molar-refractivity contribution in [3.63, 3.8) is 0 Å². The van der Waals surface area contributed by atoms with Gasteiger partial charge >= 0.3 is 0 Å². The third-order valence-electron chi connectivity index (χ3n) is 3.56. The van der Waals surface area contributed by atoms with Gasteiger partial charge in [-0.05, 0) is 38.7 Å². The number of hydrogen-bond acceptors (Lipinski definition) is 5. The fraction of sp³-hybridized carbons (Fsp3) is 0.389. The predicted molar refractivity (Wildman–Crippen MR) is 99.7 cm³/mol. The maximum atomic E-state index is 13.4. The minimum atomic E-state index is -0.813. The summed E-state index contributed by atoms with van der Waals surface area (Å²) in [5.74, 6) is -1.62. The second-order valence-corrected chi connectivity index (χ2v) is 5.95. The lowest BCUT2D eigenvalue weighted by molar-refractivity contribution is -0.123. The van der Waals surface area contributed by atoms with Gasteiger partial charge in [0.1, 0.15) is 0 Å². The Hall–Kier alpha value is -2.85. The number of carbonyl (C=O) groups is 2. The van der Waals surface area contributed by atoms with Crippen LogP contribution in [0.4, 0.5) is 8.78 Å². The van der Waals surface area contributed by atoms with E-state index in [1.165, 1.54) is 12.1 Å². The average Bonchev–Trinajstić information content (AvgIpc) is 3.02. The molecule has 28 heavy (non-hydrogen) atoms. The number of likely N-dealkylation sites (N-methyl/N-ethyl adjacent to an activating group) is 1. The lowest BCUT2D eigenvalue weighted by Crippen LogP contribution is -2.31. The van der Waals surface area contributed by atoms with Crippen LogP contribution >= 0.6 is 0 Å². The number of aryl methyl sites for hydroxylation is 1. The summed E-state index contributed by atoms with van der Waals surface area (Å²) in [4.78, 5) is 28.4. The highest BCUT2D eigenvalue weighted by Gasteiger charge is 2.12. The van der Waals surface area contributed by atoms with E-state index >= 15 is 0 Å². The zero-order valence-electron chi connectivity index (χ0n) is 16.1. The van der Waals surface area contributed by atoms with Crippen LogP contribution < -0.4 is 0 Å². The molecule has 3 N–H and O–H groups in total. The van der Waals surface area contributed by atoms with Crippen molar-refractivity contribution < 1.29 is 28.6 Å². The van der Waals surface area contributed by atoms with Gasteiger partial charge in [0.2, 0.25) is 0 Å². The molecular formula is C18H26F2N4O4. The van der Waals surface area contributed by atoms with Crippen molar-refractivity contribution in [2.45, 2.75) is 20.0 Å². The molecule has 2 rings (SSSR count). The molecule has 0 bridgehead atoms. The number of carboxylic acid groups (broad SMARTS) is 2. The highest BCUT2D eigenvalue weighted by molar-refractivity contribution is 5.33. The van der Waals surface area contributed by atoms with E-state index in [2.05, 4.69) is 19.8 Å². The van der Waals surface area contributed by atoms with Gasteiger partial charge in [-0.25, -0.2) is 13.8 Å². The summed E-state index contributed by atoms with van der Waals surface area (Å²) in [5.41, 5.74) is 2.76. The van der Waals surface area contributed by atoms with Gasteiger partial charge in [0.15, 0.2) is 11.6 Å². The van der Waals surface area contributed by atoms with Crippen molar-refractivity contribution in [3.05, 3.63) is 53.1 Å². The maximum absolute atomic E-state index is 13.4. The lowest BCUT2D eigenvalue weighted by Gasteiger charge is -2.23. The minimum absolute atomic E-state index is 0.250. The zero-order valence-corrected chi connectivity index (χ0v) is 16.1. The van der Waals surface area contributed by atoms with Crippen LogP contribution in [0.15, 0.2) is 24.5 Å². The highest BCUT2D eigenvalue weighted by atomic mass is 19.2. The molecule has 8 nitrogen and oxygen atoms in total. The third kappa shape index (κ3) is 10.3. The molecule has 0 radical (unpaired) electrons. The summed E-state index contributed by atoms with van der Waals surface area (Å²) in [6.07, 6.45) is 1.67. The molecule has 0 aliphatic rings.